The fourth-order valence-corrected chi connectivity index (χ4v) is 1.61. The van der Waals surface area contributed by atoms with Gasteiger partial charge in [0, 0.05) is 11.5 Å². The molecule has 1 unspecified atom stereocenters. The quantitative estimate of drug-likeness (QED) is 0.707. The van der Waals surface area contributed by atoms with E-state index >= 15 is 0 Å². The Labute approximate surface area is 84.5 Å². The minimum Gasteiger partial charge on any atom is -0.507 e. The summed E-state index contributed by atoms with van der Waals surface area (Å²) in [6.45, 7) is 5.69. The van der Waals surface area contributed by atoms with Gasteiger partial charge in [0.1, 0.15) is 11.5 Å². The van der Waals surface area contributed by atoms with Gasteiger partial charge in [0.15, 0.2) is 0 Å². The van der Waals surface area contributed by atoms with Crippen molar-refractivity contribution in [2.24, 2.45) is 0 Å². The standard InChI is InChI=1S/C12H16O2/c1-4-5-9(3)12-10(13)6-8(2)7-11(12)14/h4-7,9,13-14H,1-3H3. The Balaban J connectivity index is 3.20. The van der Waals surface area contributed by atoms with Gasteiger partial charge >= 0.3 is 0 Å². The van der Waals surface area contributed by atoms with Gasteiger partial charge in [0.05, 0.1) is 0 Å². The van der Waals surface area contributed by atoms with Gasteiger partial charge in [-0.15, -0.1) is 0 Å². The van der Waals surface area contributed by atoms with Crippen molar-refractivity contribution in [3.63, 3.8) is 0 Å². The fourth-order valence-electron chi connectivity index (χ4n) is 1.61. The minimum atomic E-state index is 0.0283. The third-order valence-corrected chi connectivity index (χ3v) is 2.22. The average Bonchev–Trinajstić information content (AvgIpc) is 2.01. The monoisotopic (exact) mass is 192 g/mol. The maximum absolute atomic E-state index is 9.68. The molecular weight excluding hydrogens is 176 g/mol. The highest BCUT2D eigenvalue weighted by atomic mass is 16.3. The van der Waals surface area contributed by atoms with Gasteiger partial charge in [-0.3, -0.25) is 0 Å². The number of allylic oxidation sites excluding steroid dienone is 2. The third kappa shape index (κ3) is 2.08. The van der Waals surface area contributed by atoms with Crippen LogP contribution in [0.15, 0.2) is 24.3 Å². The molecule has 0 aromatic heterocycles. The molecule has 14 heavy (non-hydrogen) atoms. The van der Waals surface area contributed by atoms with Gasteiger partial charge in [-0.2, -0.15) is 0 Å². The van der Waals surface area contributed by atoms with Gasteiger partial charge in [0.2, 0.25) is 0 Å². The van der Waals surface area contributed by atoms with Crippen LogP contribution < -0.4 is 0 Å². The first-order valence-electron chi connectivity index (χ1n) is 4.71. The number of phenolic OH excluding ortho intramolecular Hbond substituents is 2. The van der Waals surface area contributed by atoms with Crippen molar-refractivity contribution in [3.8, 4) is 11.5 Å². The second kappa shape index (κ2) is 4.18. The van der Waals surface area contributed by atoms with E-state index in [1.807, 2.05) is 32.9 Å². The lowest BCUT2D eigenvalue weighted by molar-refractivity contribution is 0.435. The van der Waals surface area contributed by atoms with Crippen LogP contribution in [0.25, 0.3) is 0 Å². The maximum atomic E-state index is 9.68. The Hall–Kier alpha value is -1.44. The van der Waals surface area contributed by atoms with E-state index in [9.17, 15) is 10.2 Å². The van der Waals surface area contributed by atoms with E-state index < -0.39 is 0 Å². The van der Waals surface area contributed by atoms with E-state index in [1.165, 1.54) is 0 Å². The lowest BCUT2D eigenvalue weighted by Gasteiger charge is -2.12. The molecule has 1 aromatic rings. The fraction of sp³-hybridized carbons (Fsp3) is 0.333. The molecule has 0 spiro atoms. The highest BCUT2D eigenvalue weighted by molar-refractivity contribution is 5.49. The van der Waals surface area contributed by atoms with Crippen LogP contribution in [0.5, 0.6) is 11.5 Å². The Morgan fingerprint density at radius 2 is 1.71 bits per heavy atom. The molecule has 1 rings (SSSR count). The molecular formula is C12H16O2. The molecule has 0 fully saturated rings. The zero-order valence-corrected chi connectivity index (χ0v) is 8.78. The summed E-state index contributed by atoms with van der Waals surface area (Å²) in [5.41, 5.74) is 1.45. The largest absolute Gasteiger partial charge is 0.507 e. The topological polar surface area (TPSA) is 40.5 Å². The summed E-state index contributed by atoms with van der Waals surface area (Å²) in [5, 5.41) is 19.4. The molecule has 0 saturated heterocycles. The van der Waals surface area contributed by atoms with Crippen LogP contribution in [0.1, 0.15) is 30.9 Å². The number of phenols is 2. The van der Waals surface area contributed by atoms with Gasteiger partial charge < -0.3 is 10.2 Å². The van der Waals surface area contributed by atoms with E-state index in [-0.39, 0.29) is 17.4 Å². The molecule has 0 radical (unpaired) electrons. The molecule has 0 aliphatic carbocycles. The van der Waals surface area contributed by atoms with Crippen molar-refractivity contribution in [1.29, 1.82) is 0 Å². The molecule has 76 valence electrons. The van der Waals surface area contributed by atoms with Crippen LogP contribution in [-0.2, 0) is 0 Å². The summed E-state index contributed by atoms with van der Waals surface area (Å²) in [6, 6.07) is 3.32. The summed E-state index contributed by atoms with van der Waals surface area (Å²) < 4.78 is 0. The summed E-state index contributed by atoms with van der Waals surface area (Å²) in [6.07, 6.45) is 3.84. The summed E-state index contributed by atoms with van der Waals surface area (Å²) in [4.78, 5) is 0. The molecule has 1 aromatic carbocycles. The molecule has 1 atom stereocenters. The molecule has 2 heteroatoms. The summed E-state index contributed by atoms with van der Waals surface area (Å²) in [7, 11) is 0. The SMILES string of the molecule is CC=CC(C)c1c(O)cc(C)cc1O. The Morgan fingerprint density at radius 3 is 2.14 bits per heavy atom. The highest BCUT2D eigenvalue weighted by Crippen LogP contribution is 2.35. The van der Waals surface area contributed by atoms with E-state index in [0.29, 0.717) is 5.56 Å². The van der Waals surface area contributed by atoms with Gasteiger partial charge in [-0.1, -0.05) is 19.1 Å². The third-order valence-electron chi connectivity index (χ3n) is 2.22. The molecule has 2 nitrogen and oxygen atoms in total. The number of aromatic hydroxyl groups is 2. The molecule has 0 bridgehead atoms. The van der Waals surface area contributed by atoms with Crippen molar-refractivity contribution in [3.05, 3.63) is 35.4 Å². The van der Waals surface area contributed by atoms with Crippen molar-refractivity contribution < 1.29 is 10.2 Å². The molecule has 0 aliphatic heterocycles. The summed E-state index contributed by atoms with van der Waals surface area (Å²) in [5.74, 6) is 0.349. The lowest BCUT2D eigenvalue weighted by atomic mass is 9.97. The van der Waals surface area contributed by atoms with Crippen molar-refractivity contribution in [2.45, 2.75) is 26.7 Å². The van der Waals surface area contributed by atoms with Crippen LogP contribution in [0.4, 0.5) is 0 Å². The van der Waals surface area contributed by atoms with Crippen LogP contribution in [0.2, 0.25) is 0 Å². The first kappa shape index (κ1) is 10.6. The normalized spacial score (nSPS) is 13.4. The van der Waals surface area contributed by atoms with Gasteiger partial charge in [-0.05, 0) is 31.5 Å². The number of hydrogen-bond donors (Lipinski definition) is 2. The molecule has 0 heterocycles. The number of benzene rings is 1. The van der Waals surface area contributed by atoms with Crippen LogP contribution in [0, 0.1) is 6.92 Å². The predicted octanol–water partition coefficient (Wildman–Crippen LogP) is 3.09. The molecule has 2 N–H and O–H groups in total. The van der Waals surface area contributed by atoms with Gasteiger partial charge in [0.25, 0.3) is 0 Å². The molecule has 0 aliphatic rings. The van der Waals surface area contributed by atoms with Gasteiger partial charge in [-0.25, -0.2) is 0 Å². The van der Waals surface area contributed by atoms with Crippen molar-refractivity contribution in [2.75, 3.05) is 0 Å². The zero-order chi connectivity index (χ0) is 10.7. The van der Waals surface area contributed by atoms with Crippen molar-refractivity contribution >= 4 is 0 Å². The summed E-state index contributed by atoms with van der Waals surface area (Å²) >= 11 is 0. The van der Waals surface area contributed by atoms with Crippen molar-refractivity contribution in [1.82, 2.24) is 0 Å². The van der Waals surface area contributed by atoms with E-state index in [4.69, 9.17) is 0 Å². The van der Waals surface area contributed by atoms with E-state index in [0.717, 1.165) is 5.56 Å². The average molecular weight is 192 g/mol. The number of rotatable bonds is 2. The first-order valence-corrected chi connectivity index (χ1v) is 4.71. The smallest absolute Gasteiger partial charge is 0.123 e. The second-order valence-electron chi connectivity index (χ2n) is 3.53. The van der Waals surface area contributed by atoms with E-state index in [1.54, 1.807) is 12.1 Å². The Bertz CT molecular complexity index is 330. The molecule has 0 amide bonds. The molecule has 0 saturated carbocycles. The number of aryl methyl sites for hydroxylation is 1. The predicted molar refractivity (Wildman–Crippen MR) is 57.7 cm³/mol. The van der Waals surface area contributed by atoms with Crippen LogP contribution in [-0.4, -0.2) is 10.2 Å². The van der Waals surface area contributed by atoms with E-state index in [2.05, 4.69) is 0 Å². The number of hydrogen-bond acceptors (Lipinski definition) is 2. The Morgan fingerprint density at radius 1 is 1.21 bits per heavy atom. The zero-order valence-electron chi connectivity index (χ0n) is 8.78. The second-order valence-corrected chi connectivity index (χ2v) is 3.53. The Kier molecular flexibility index (Phi) is 3.18. The minimum absolute atomic E-state index is 0.0283. The van der Waals surface area contributed by atoms with Crippen LogP contribution >= 0.6 is 0 Å². The lowest BCUT2D eigenvalue weighted by Crippen LogP contribution is -1.91. The first-order chi connectivity index (χ1) is 6.56. The highest BCUT2D eigenvalue weighted by Gasteiger charge is 2.13. The maximum Gasteiger partial charge on any atom is 0.123 e. The van der Waals surface area contributed by atoms with Crippen LogP contribution in [0.3, 0.4) is 0 Å².